The minimum absolute atomic E-state index is 0.0291. The van der Waals surface area contributed by atoms with E-state index in [4.69, 9.17) is 0 Å². The van der Waals surface area contributed by atoms with Gasteiger partial charge in [0.05, 0.1) is 11.7 Å². The number of anilines is 1. The maximum atomic E-state index is 14.4. The lowest BCUT2D eigenvalue weighted by atomic mass is 9.76. The molecule has 0 fully saturated rings. The minimum Gasteiger partial charge on any atom is -0.375 e. The molecule has 0 spiro atoms. The van der Waals surface area contributed by atoms with Gasteiger partial charge in [0.1, 0.15) is 11.6 Å². The third-order valence-electron chi connectivity index (χ3n) is 5.52. The summed E-state index contributed by atoms with van der Waals surface area (Å²) in [6, 6.07) is 11.1. The molecular formula is C22H23F2N. The monoisotopic (exact) mass is 339 g/mol. The molecule has 4 rings (SSSR count). The van der Waals surface area contributed by atoms with Crippen molar-refractivity contribution in [1.29, 1.82) is 0 Å². The first-order chi connectivity index (χ1) is 11.8. The molecule has 1 heterocycles. The van der Waals surface area contributed by atoms with Gasteiger partial charge in [0.25, 0.3) is 0 Å². The molecule has 25 heavy (non-hydrogen) atoms. The van der Waals surface area contributed by atoms with Crippen molar-refractivity contribution >= 4 is 5.69 Å². The number of allylic oxidation sites excluding steroid dienone is 2. The van der Waals surface area contributed by atoms with Crippen LogP contribution in [0, 0.1) is 17.6 Å². The van der Waals surface area contributed by atoms with Crippen LogP contribution in [0.2, 0.25) is 0 Å². The van der Waals surface area contributed by atoms with E-state index in [9.17, 15) is 8.78 Å². The molecule has 1 N–H and O–H groups in total. The van der Waals surface area contributed by atoms with Gasteiger partial charge < -0.3 is 5.32 Å². The second-order valence-electron chi connectivity index (χ2n) is 8.20. The van der Waals surface area contributed by atoms with Crippen LogP contribution in [0.3, 0.4) is 0 Å². The molecule has 0 radical (unpaired) electrons. The molecule has 2 aliphatic rings. The van der Waals surface area contributed by atoms with Crippen molar-refractivity contribution in [2.24, 2.45) is 5.92 Å². The van der Waals surface area contributed by atoms with Gasteiger partial charge in [0.15, 0.2) is 0 Å². The summed E-state index contributed by atoms with van der Waals surface area (Å²) >= 11 is 0. The first-order valence-corrected chi connectivity index (χ1v) is 8.87. The molecule has 1 aliphatic carbocycles. The van der Waals surface area contributed by atoms with Crippen LogP contribution in [0.25, 0.3) is 0 Å². The Labute approximate surface area is 147 Å². The van der Waals surface area contributed by atoms with Crippen molar-refractivity contribution < 1.29 is 8.78 Å². The highest BCUT2D eigenvalue weighted by Crippen LogP contribution is 2.50. The number of halogens is 2. The van der Waals surface area contributed by atoms with E-state index in [0.29, 0.717) is 5.69 Å². The van der Waals surface area contributed by atoms with Gasteiger partial charge in [-0.15, -0.1) is 0 Å². The first kappa shape index (κ1) is 16.3. The Bertz CT molecular complexity index is 830. The van der Waals surface area contributed by atoms with Gasteiger partial charge in [-0.3, -0.25) is 0 Å². The van der Waals surface area contributed by atoms with Crippen LogP contribution in [0.1, 0.15) is 55.8 Å². The number of nitrogens with one attached hydrogen (secondary N) is 1. The fourth-order valence-corrected chi connectivity index (χ4v) is 4.14. The van der Waals surface area contributed by atoms with Gasteiger partial charge in [-0.25, -0.2) is 8.78 Å². The molecule has 3 atom stereocenters. The van der Waals surface area contributed by atoms with Crippen molar-refractivity contribution in [1.82, 2.24) is 0 Å². The summed E-state index contributed by atoms with van der Waals surface area (Å²) in [5, 5.41) is 3.36. The van der Waals surface area contributed by atoms with Gasteiger partial charge in [-0.1, -0.05) is 57.2 Å². The Kier molecular flexibility index (Phi) is 3.71. The second-order valence-corrected chi connectivity index (χ2v) is 8.20. The fraction of sp³-hybridized carbons (Fsp3) is 0.364. The Morgan fingerprint density at radius 3 is 2.44 bits per heavy atom. The third-order valence-corrected chi connectivity index (χ3v) is 5.52. The summed E-state index contributed by atoms with van der Waals surface area (Å²) < 4.78 is 28.1. The van der Waals surface area contributed by atoms with E-state index in [1.54, 1.807) is 0 Å². The molecule has 130 valence electrons. The average molecular weight is 339 g/mol. The maximum Gasteiger partial charge on any atom is 0.149 e. The number of fused-ring (bicyclic) bond motifs is 3. The topological polar surface area (TPSA) is 12.0 Å². The Balaban J connectivity index is 1.74. The quantitative estimate of drug-likeness (QED) is 0.620. The lowest BCUT2D eigenvalue weighted by Crippen LogP contribution is -2.30. The van der Waals surface area contributed by atoms with E-state index in [1.165, 1.54) is 11.6 Å². The standard InChI is InChI=1S/C22H23F2N/c1-22(2,3)14-9-7-13(8-10-14)20-17-6-4-5-16(17)18-11-15(23)12-19(24)21(18)25-20/h4-5,7-12,16-17,20,25H,6H2,1-3H3/t16-,17-,20-/m0/s1. The normalized spacial score (nSPS) is 24.6. The predicted octanol–water partition coefficient (Wildman–Crippen LogP) is 6.09. The van der Waals surface area contributed by atoms with E-state index in [-0.39, 0.29) is 23.3 Å². The van der Waals surface area contributed by atoms with E-state index >= 15 is 0 Å². The zero-order valence-electron chi connectivity index (χ0n) is 14.8. The van der Waals surface area contributed by atoms with E-state index < -0.39 is 11.6 Å². The zero-order valence-corrected chi connectivity index (χ0v) is 14.8. The average Bonchev–Trinajstić information content (AvgIpc) is 3.03. The van der Waals surface area contributed by atoms with Crippen molar-refractivity contribution in [3.8, 4) is 0 Å². The van der Waals surface area contributed by atoms with Crippen LogP contribution >= 0.6 is 0 Å². The maximum absolute atomic E-state index is 14.4. The SMILES string of the molecule is CC(C)(C)c1ccc([C@@H]2Nc3c(F)cc(F)cc3[C@H]3C=CC[C@@H]32)cc1. The van der Waals surface area contributed by atoms with Crippen LogP contribution in [0.4, 0.5) is 14.5 Å². The van der Waals surface area contributed by atoms with Crippen LogP contribution < -0.4 is 5.32 Å². The highest BCUT2D eigenvalue weighted by atomic mass is 19.1. The largest absolute Gasteiger partial charge is 0.375 e. The van der Waals surface area contributed by atoms with Gasteiger partial charge in [0.2, 0.25) is 0 Å². The van der Waals surface area contributed by atoms with E-state index in [2.05, 4.69) is 62.5 Å². The molecule has 0 bridgehead atoms. The first-order valence-electron chi connectivity index (χ1n) is 8.87. The highest BCUT2D eigenvalue weighted by molar-refractivity contribution is 5.60. The molecule has 0 amide bonds. The molecule has 3 heteroatoms. The number of hydrogen-bond acceptors (Lipinski definition) is 1. The molecule has 0 saturated heterocycles. The summed E-state index contributed by atoms with van der Waals surface area (Å²) in [5.74, 6) is -0.668. The summed E-state index contributed by atoms with van der Waals surface area (Å²) in [6.45, 7) is 6.58. The Morgan fingerprint density at radius 1 is 1.04 bits per heavy atom. The van der Waals surface area contributed by atoms with Crippen LogP contribution in [-0.2, 0) is 5.41 Å². The number of rotatable bonds is 1. The molecule has 0 unspecified atom stereocenters. The fourth-order valence-electron chi connectivity index (χ4n) is 4.14. The molecule has 2 aromatic rings. The zero-order chi connectivity index (χ0) is 17.8. The third kappa shape index (κ3) is 2.76. The minimum atomic E-state index is -0.509. The summed E-state index contributed by atoms with van der Waals surface area (Å²) in [4.78, 5) is 0. The van der Waals surface area contributed by atoms with Crippen molar-refractivity contribution in [2.75, 3.05) is 5.32 Å². The van der Waals surface area contributed by atoms with Crippen LogP contribution in [0.5, 0.6) is 0 Å². The Morgan fingerprint density at radius 2 is 1.76 bits per heavy atom. The number of hydrogen-bond donors (Lipinski definition) is 1. The summed E-state index contributed by atoms with van der Waals surface area (Å²) in [7, 11) is 0. The van der Waals surface area contributed by atoms with E-state index in [0.717, 1.165) is 23.6 Å². The van der Waals surface area contributed by atoms with Gasteiger partial charge in [-0.05, 0) is 40.5 Å². The number of benzene rings is 2. The second kappa shape index (κ2) is 5.69. The summed E-state index contributed by atoms with van der Waals surface area (Å²) in [5.41, 5.74) is 3.72. The summed E-state index contributed by atoms with van der Waals surface area (Å²) in [6.07, 6.45) is 5.14. The predicted molar refractivity (Wildman–Crippen MR) is 97.9 cm³/mol. The molecule has 1 nitrogen and oxygen atoms in total. The van der Waals surface area contributed by atoms with Crippen molar-refractivity contribution in [2.45, 2.75) is 44.6 Å². The smallest absolute Gasteiger partial charge is 0.149 e. The lowest BCUT2D eigenvalue weighted by Gasteiger charge is -2.37. The van der Waals surface area contributed by atoms with Crippen LogP contribution in [0.15, 0.2) is 48.6 Å². The van der Waals surface area contributed by atoms with Crippen molar-refractivity contribution in [3.63, 3.8) is 0 Å². The lowest BCUT2D eigenvalue weighted by molar-refractivity contribution is 0.418. The molecule has 0 aromatic heterocycles. The molecule has 0 saturated carbocycles. The van der Waals surface area contributed by atoms with Gasteiger partial charge in [0, 0.05) is 12.0 Å². The molecule has 2 aromatic carbocycles. The van der Waals surface area contributed by atoms with Crippen LogP contribution in [-0.4, -0.2) is 0 Å². The van der Waals surface area contributed by atoms with Gasteiger partial charge >= 0.3 is 0 Å². The molecule has 1 aliphatic heterocycles. The van der Waals surface area contributed by atoms with Gasteiger partial charge in [-0.2, -0.15) is 0 Å². The Hall–Kier alpha value is -2.16. The van der Waals surface area contributed by atoms with Crippen molar-refractivity contribution in [3.05, 3.63) is 76.9 Å². The highest BCUT2D eigenvalue weighted by Gasteiger charge is 2.39. The van der Waals surface area contributed by atoms with E-state index in [1.807, 2.05) is 0 Å². The molecular weight excluding hydrogens is 316 g/mol.